The van der Waals surface area contributed by atoms with Crippen molar-refractivity contribution in [3.05, 3.63) is 35.4 Å². The summed E-state index contributed by atoms with van der Waals surface area (Å²) < 4.78 is 31.0. The summed E-state index contributed by atoms with van der Waals surface area (Å²) in [5.41, 5.74) is -2.30. The van der Waals surface area contributed by atoms with E-state index in [1.54, 1.807) is 0 Å². The maximum Gasteiger partial charge on any atom is 0.331 e. The zero-order chi connectivity index (χ0) is 14.6. The fourth-order valence-corrected chi connectivity index (χ4v) is 1.43. The Morgan fingerprint density at radius 1 is 1.42 bits per heavy atom. The minimum absolute atomic E-state index is 0.314. The Morgan fingerprint density at radius 2 is 2.05 bits per heavy atom. The molecule has 0 aliphatic carbocycles. The SMILES string of the molecule is COCC(C)(NC(=O)c1cc(F)ccc1F)C(=O)O. The lowest BCUT2D eigenvalue weighted by Gasteiger charge is -2.25. The van der Waals surface area contributed by atoms with Crippen LogP contribution in [-0.2, 0) is 9.53 Å². The first-order chi connectivity index (χ1) is 8.80. The standard InChI is InChI=1S/C12H13F2NO4/c1-12(6-19-2,11(17)18)15-10(16)8-5-7(13)3-4-9(8)14/h3-5H,6H2,1-2H3,(H,15,16)(H,17,18). The smallest absolute Gasteiger partial charge is 0.331 e. The largest absolute Gasteiger partial charge is 0.479 e. The summed E-state index contributed by atoms with van der Waals surface area (Å²) in [6.45, 7) is 0.888. The van der Waals surface area contributed by atoms with Crippen molar-refractivity contribution in [2.45, 2.75) is 12.5 Å². The summed E-state index contributed by atoms with van der Waals surface area (Å²) >= 11 is 0. The van der Waals surface area contributed by atoms with Crippen molar-refractivity contribution in [2.75, 3.05) is 13.7 Å². The molecule has 0 saturated carbocycles. The number of amides is 1. The number of benzene rings is 1. The lowest BCUT2D eigenvalue weighted by molar-refractivity contribution is -0.145. The van der Waals surface area contributed by atoms with Crippen molar-refractivity contribution in [3.63, 3.8) is 0 Å². The molecular weight excluding hydrogens is 260 g/mol. The third-order valence-electron chi connectivity index (χ3n) is 2.47. The van der Waals surface area contributed by atoms with Gasteiger partial charge in [0.05, 0.1) is 12.2 Å². The number of nitrogens with one attached hydrogen (secondary N) is 1. The Bertz CT molecular complexity index is 507. The van der Waals surface area contributed by atoms with Gasteiger partial charge in [0.15, 0.2) is 5.54 Å². The van der Waals surface area contributed by atoms with Crippen LogP contribution in [0.4, 0.5) is 8.78 Å². The molecule has 0 heterocycles. The molecule has 7 heteroatoms. The Kier molecular flexibility index (Phi) is 4.55. The number of hydrogen-bond acceptors (Lipinski definition) is 3. The third kappa shape index (κ3) is 3.47. The van der Waals surface area contributed by atoms with Crippen LogP contribution in [0.5, 0.6) is 0 Å². The number of hydrogen-bond donors (Lipinski definition) is 2. The first-order valence-corrected chi connectivity index (χ1v) is 5.30. The van der Waals surface area contributed by atoms with E-state index in [0.717, 1.165) is 12.1 Å². The Balaban J connectivity index is 3.00. The van der Waals surface area contributed by atoms with Crippen LogP contribution in [0.2, 0.25) is 0 Å². The van der Waals surface area contributed by atoms with E-state index in [1.165, 1.54) is 14.0 Å². The monoisotopic (exact) mass is 273 g/mol. The molecule has 1 amide bonds. The molecule has 0 bridgehead atoms. The molecule has 0 radical (unpaired) electrons. The van der Waals surface area contributed by atoms with Crippen LogP contribution < -0.4 is 5.32 Å². The minimum atomic E-state index is -1.73. The molecule has 1 rings (SSSR count). The Morgan fingerprint density at radius 3 is 2.58 bits per heavy atom. The predicted molar refractivity (Wildman–Crippen MR) is 61.7 cm³/mol. The molecule has 0 aliphatic rings. The van der Waals surface area contributed by atoms with Crippen LogP contribution in [0.3, 0.4) is 0 Å². The van der Waals surface area contributed by atoms with Gasteiger partial charge in [-0.25, -0.2) is 13.6 Å². The summed E-state index contributed by atoms with van der Waals surface area (Å²) in [7, 11) is 1.26. The first kappa shape index (κ1) is 15.0. The number of methoxy groups -OCH3 is 1. The van der Waals surface area contributed by atoms with Gasteiger partial charge in [0.1, 0.15) is 11.6 Å². The second kappa shape index (κ2) is 5.75. The minimum Gasteiger partial charge on any atom is -0.479 e. The summed E-state index contributed by atoms with van der Waals surface area (Å²) in [5.74, 6) is -4.11. The van der Waals surface area contributed by atoms with E-state index in [4.69, 9.17) is 9.84 Å². The van der Waals surface area contributed by atoms with Gasteiger partial charge in [-0.3, -0.25) is 4.79 Å². The average molecular weight is 273 g/mol. The van der Waals surface area contributed by atoms with Crippen LogP contribution in [-0.4, -0.2) is 36.2 Å². The van der Waals surface area contributed by atoms with Crippen molar-refractivity contribution in [1.82, 2.24) is 5.32 Å². The molecule has 0 fully saturated rings. The molecule has 0 saturated heterocycles. The summed E-state index contributed by atoms with van der Waals surface area (Å²) in [6.07, 6.45) is 0. The molecule has 1 unspecified atom stereocenters. The molecule has 1 aromatic rings. The maximum absolute atomic E-state index is 13.4. The number of aliphatic carboxylic acids is 1. The second-order valence-corrected chi connectivity index (χ2v) is 4.15. The number of carbonyl (C=O) groups excluding carboxylic acids is 1. The highest BCUT2D eigenvalue weighted by Crippen LogP contribution is 2.12. The molecule has 0 aliphatic heterocycles. The Hall–Kier alpha value is -2.02. The quantitative estimate of drug-likeness (QED) is 0.844. The highest BCUT2D eigenvalue weighted by Gasteiger charge is 2.35. The molecule has 0 spiro atoms. The van der Waals surface area contributed by atoms with Gasteiger partial charge in [-0.1, -0.05) is 0 Å². The fraction of sp³-hybridized carbons (Fsp3) is 0.333. The number of rotatable bonds is 5. The van der Waals surface area contributed by atoms with E-state index in [1.807, 2.05) is 0 Å². The molecular formula is C12H13F2NO4. The van der Waals surface area contributed by atoms with E-state index in [0.29, 0.717) is 6.07 Å². The topological polar surface area (TPSA) is 75.6 Å². The van der Waals surface area contributed by atoms with Crippen molar-refractivity contribution >= 4 is 11.9 Å². The average Bonchev–Trinajstić information content (AvgIpc) is 2.32. The van der Waals surface area contributed by atoms with Crippen molar-refractivity contribution in [2.24, 2.45) is 0 Å². The summed E-state index contributed by atoms with van der Waals surface area (Å²) in [5, 5.41) is 11.1. The molecule has 5 nitrogen and oxygen atoms in total. The number of carboxylic acid groups (broad SMARTS) is 1. The van der Waals surface area contributed by atoms with Gasteiger partial charge in [-0.2, -0.15) is 0 Å². The van der Waals surface area contributed by atoms with Crippen LogP contribution in [0.25, 0.3) is 0 Å². The number of carboxylic acids is 1. The first-order valence-electron chi connectivity index (χ1n) is 5.30. The lowest BCUT2D eigenvalue weighted by Crippen LogP contribution is -2.55. The van der Waals surface area contributed by atoms with Gasteiger partial charge < -0.3 is 15.2 Å². The molecule has 104 valence electrons. The van der Waals surface area contributed by atoms with Crippen LogP contribution in [0.15, 0.2) is 18.2 Å². The zero-order valence-electron chi connectivity index (χ0n) is 10.4. The molecule has 19 heavy (non-hydrogen) atoms. The van der Waals surface area contributed by atoms with Gasteiger partial charge in [0.2, 0.25) is 0 Å². The number of halogens is 2. The summed E-state index contributed by atoms with van der Waals surface area (Å²) in [4.78, 5) is 22.8. The fourth-order valence-electron chi connectivity index (χ4n) is 1.43. The maximum atomic E-state index is 13.4. The zero-order valence-corrected chi connectivity index (χ0v) is 10.4. The molecule has 0 aromatic heterocycles. The van der Waals surface area contributed by atoms with Crippen molar-refractivity contribution in [3.8, 4) is 0 Å². The summed E-state index contributed by atoms with van der Waals surface area (Å²) in [6, 6.07) is 2.34. The van der Waals surface area contributed by atoms with Gasteiger partial charge in [-0.15, -0.1) is 0 Å². The highest BCUT2D eigenvalue weighted by molar-refractivity contribution is 5.98. The number of carbonyl (C=O) groups is 2. The van der Waals surface area contributed by atoms with Crippen LogP contribution >= 0.6 is 0 Å². The van der Waals surface area contributed by atoms with E-state index in [2.05, 4.69) is 5.32 Å². The second-order valence-electron chi connectivity index (χ2n) is 4.15. The van der Waals surface area contributed by atoms with E-state index in [9.17, 15) is 18.4 Å². The van der Waals surface area contributed by atoms with Gasteiger partial charge in [0.25, 0.3) is 5.91 Å². The highest BCUT2D eigenvalue weighted by atomic mass is 19.1. The van der Waals surface area contributed by atoms with Gasteiger partial charge in [0, 0.05) is 7.11 Å². The van der Waals surface area contributed by atoms with Gasteiger partial charge >= 0.3 is 5.97 Å². The number of ether oxygens (including phenoxy) is 1. The molecule has 1 atom stereocenters. The third-order valence-corrected chi connectivity index (χ3v) is 2.47. The Labute approximate surface area is 108 Å². The van der Waals surface area contributed by atoms with Crippen LogP contribution in [0, 0.1) is 11.6 Å². The van der Waals surface area contributed by atoms with Gasteiger partial charge in [-0.05, 0) is 25.1 Å². The van der Waals surface area contributed by atoms with Crippen LogP contribution in [0.1, 0.15) is 17.3 Å². The van der Waals surface area contributed by atoms with E-state index in [-0.39, 0.29) is 6.61 Å². The lowest BCUT2D eigenvalue weighted by atomic mass is 10.0. The van der Waals surface area contributed by atoms with Crippen molar-refractivity contribution < 1.29 is 28.2 Å². The van der Waals surface area contributed by atoms with Crippen molar-refractivity contribution in [1.29, 1.82) is 0 Å². The molecule has 2 N–H and O–H groups in total. The normalized spacial score (nSPS) is 13.7. The van der Waals surface area contributed by atoms with E-state index >= 15 is 0 Å². The predicted octanol–water partition coefficient (Wildman–Crippen LogP) is 1.18. The molecule has 1 aromatic carbocycles. The van der Waals surface area contributed by atoms with E-state index < -0.39 is 34.6 Å².